The standard InChI is InChI=1S/C25H27F2N5O2S/c1-12-5-6-16-22(28)23(35-25(16)30-12)24(33)31-14-7-17-19(34-11-14)8-18(21(27)20(17)26)32-10-13-3-2-4-15(32)9-29-13/h5-6,8,13-15,29H,2-4,7,9-11,28H2,1H3,(H,31,33)/t13?,14-,15?/m1/s1. The van der Waals surface area contributed by atoms with Crippen LogP contribution in [0.3, 0.4) is 0 Å². The van der Waals surface area contributed by atoms with Crippen molar-refractivity contribution in [1.82, 2.24) is 15.6 Å². The third-order valence-corrected chi connectivity index (χ3v) is 8.43. The van der Waals surface area contributed by atoms with Crippen LogP contribution in [0.2, 0.25) is 0 Å². The summed E-state index contributed by atoms with van der Waals surface area (Å²) in [4.78, 5) is 20.5. The topological polar surface area (TPSA) is 92.5 Å². The second kappa shape index (κ2) is 8.60. The minimum absolute atomic E-state index is 0.139. The van der Waals surface area contributed by atoms with Crippen LogP contribution in [0.4, 0.5) is 20.2 Å². The maximum atomic E-state index is 15.3. The summed E-state index contributed by atoms with van der Waals surface area (Å²) in [7, 11) is 0. The number of aryl methyl sites for hydroxylation is 1. The van der Waals surface area contributed by atoms with Crippen LogP contribution >= 0.6 is 11.3 Å². The van der Waals surface area contributed by atoms with Gasteiger partial charge in [0.15, 0.2) is 11.6 Å². The van der Waals surface area contributed by atoms with Gasteiger partial charge in [-0.1, -0.05) is 0 Å². The number of ether oxygens (including phenoxy) is 1. The highest BCUT2D eigenvalue weighted by Crippen LogP contribution is 2.38. The van der Waals surface area contributed by atoms with Crippen LogP contribution in [-0.2, 0) is 6.42 Å². The van der Waals surface area contributed by atoms with E-state index in [-0.39, 0.29) is 42.3 Å². The Bertz CT molecular complexity index is 1330. The normalized spacial score (nSPS) is 23.6. The van der Waals surface area contributed by atoms with Crippen LogP contribution < -0.4 is 26.0 Å². The van der Waals surface area contributed by atoms with Gasteiger partial charge in [-0.25, -0.2) is 13.8 Å². The van der Waals surface area contributed by atoms with Crippen molar-refractivity contribution in [3.8, 4) is 5.75 Å². The molecule has 2 unspecified atom stereocenters. The number of nitrogens with two attached hydrogens (primary N) is 1. The summed E-state index contributed by atoms with van der Waals surface area (Å²) in [5.41, 5.74) is 7.83. The van der Waals surface area contributed by atoms with Gasteiger partial charge in [0.25, 0.3) is 5.91 Å². The molecule has 3 saturated heterocycles. The molecule has 7 nitrogen and oxygen atoms in total. The average molecular weight is 500 g/mol. The zero-order valence-electron chi connectivity index (χ0n) is 19.4. The molecule has 184 valence electrons. The van der Waals surface area contributed by atoms with Crippen molar-refractivity contribution in [2.45, 2.75) is 50.7 Å². The van der Waals surface area contributed by atoms with E-state index in [1.807, 2.05) is 24.0 Å². The number of carbonyl (C=O) groups excluding carboxylic acids is 1. The molecule has 6 heterocycles. The van der Waals surface area contributed by atoms with E-state index < -0.39 is 17.7 Å². The zero-order chi connectivity index (χ0) is 24.3. The fourth-order valence-electron chi connectivity index (χ4n) is 5.46. The van der Waals surface area contributed by atoms with Gasteiger partial charge in [0.2, 0.25) is 0 Å². The van der Waals surface area contributed by atoms with Gasteiger partial charge in [-0.2, -0.15) is 0 Å². The molecule has 4 aliphatic rings. The molecule has 35 heavy (non-hydrogen) atoms. The zero-order valence-corrected chi connectivity index (χ0v) is 20.2. The minimum Gasteiger partial charge on any atom is -0.491 e. The van der Waals surface area contributed by atoms with E-state index in [0.29, 0.717) is 27.7 Å². The van der Waals surface area contributed by atoms with E-state index in [4.69, 9.17) is 10.5 Å². The van der Waals surface area contributed by atoms with Crippen molar-refractivity contribution in [2.75, 3.05) is 30.3 Å². The lowest BCUT2D eigenvalue weighted by Crippen LogP contribution is -2.54. The number of halogens is 2. The summed E-state index contributed by atoms with van der Waals surface area (Å²) in [6.45, 7) is 3.47. The highest BCUT2D eigenvalue weighted by molar-refractivity contribution is 7.21. The minimum atomic E-state index is -0.898. The highest BCUT2D eigenvalue weighted by atomic mass is 32.1. The molecule has 4 aliphatic heterocycles. The molecular formula is C25H27F2N5O2S. The van der Waals surface area contributed by atoms with Crippen LogP contribution in [0.1, 0.15) is 40.2 Å². The van der Waals surface area contributed by atoms with Crippen molar-refractivity contribution >= 4 is 38.8 Å². The first kappa shape index (κ1) is 22.5. The van der Waals surface area contributed by atoms with Gasteiger partial charge in [-0.05, 0) is 38.3 Å². The van der Waals surface area contributed by atoms with E-state index in [9.17, 15) is 4.79 Å². The summed E-state index contributed by atoms with van der Waals surface area (Å²) < 4.78 is 36.4. The third kappa shape index (κ3) is 3.88. The number of nitrogens with zero attached hydrogens (tertiary/aromatic N) is 2. The number of nitrogen functional groups attached to an aromatic ring is 1. The van der Waals surface area contributed by atoms with Gasteiger partial charge in [-0.3, -0.25) is 4.79 Å². The van der Waals surface area contributed by atoms with Crippen LogP contribution in [-0.4, -0.2) is 48.7 Å². The number of amides is 1. The molecule has 2 aromatic heterocycles. The Kier molecular flexibility index (Phi) is 5.52. The van der Waals surface area contributed by atoms with Crippen molar-refractivity contribution in [3.05, 3.63) is 46.0 Å². The quantitative estimate of drug-likeness (QED) is 0.511. The van der Waals surface area contributed by atoms with Gasteiger partial charge in [-0.15, -0.1) is 11.3 Å². The highest BCUT2D eigenvalue weighted by Gasteiger charge is 2.36. The molecular weight excluding hydrogens is 472 g/mol. The van der Waals surface area contributed by atoms with Crippen LogP contribution in [0.15, 0.2) is 18.2 Å². The second-order valence-corrected chi connectivity index (χ2v) is 10.7. The Hall–Kier alpha value is -2.98. The number of aromatic nitrogens is 1. The molecule has 0 aliphatic carbocycles. The number of hydrogen-bond acceptors (Lipinski definition) is 7. The van der Waals surface area contributed by atoms with Gasteiger partial charge in [0.05, 0.1) is 17.4 Å². The number of hydrogen-bond donors (Lipinski definition) is 3. The number of benzene rings is 1. The summed E-state index contributed by atoms with van der Waals surface area (Å²) in [6, 6.07) is 5.24. The molecule has 4 N–H and O–H groups in total. The predicted molar refractivity (Wildman–Crippen MR) is 132 cm³/mol. The molecule has 2 bridgehead atoms. The molecule has 3 aromatic rings. The Morgan fingerprint density at radius 1 is 1.31 bits per heavy atom. The maximum Gasteiger partial charge on any atom is 0.263 e. The second-order valence-electron chi connectivity index (χ2n) is 9.68. The van der Waals surface area contributed by atoms with Crippen LogP contribution in [0.5, 0.6) is 5.75 Å². The number of fused-ring (bicyclic) bond motifs is 6. The first-order valence-corrected chi connectivity index (χ1v) is 12.8. The summed E-state index contributed by atoms with van der Waals surface area (Å²) in [6.07, 6.45) is 3.21. The molecule has 3 atom stereocenters. The van der Waals surface area contributed by atoms with Crippen molar-refractivity contribution < 1.29 is 18.3 Å². The van der Waals surface area contributed by atoms with Gasteiger partial charge < -0.3 is 26.0 Å². The van der Waals surface area contributed by atoms with Gasteiger partial charge in [0.1, 0.15) is 22.1 Å². The summed E-state index contributed by atoms with van der Waals surface area (Å²) in [5.74, 6) is -1.77. The average Bonchev–Trinajstić information content (AvgIpc) is 3.01. The summed E-state index contributed by atoms with van der Waals surface area (Å²) >= 11 is 1.22. The lowest BCUT2D eigenvalue weighted by atomic mass is 9.99. The molecule has 1 amide bonds. The Labute approximate surface area is 205 Å². The van der Waals surface area contributed by atoms with Crippen LogP contribution in [0.25, 0.3) is 10.2 Å². The van der Waals surface area contributed by atoms with Crippen molar-refractivity contribution in [3.63, 3.8) is 0 Å². The fraction of sp³-hybridized carbons (Fsp3) is 0.440. The largest absolute Gasteiger partial charge is 0.491 e. The fourth-order valence-corrected chi connectivity index (χ4v) is 6.51. The molecule has 0 spiro atoms. The third-order valence-electron chi connectivity index (χ3n) is 7.31. The first-order valence-electron chi connectivity index (χ1n) is 12.0. The Morgan fingerprint density at radius 3 is 3.03 bits per heavy atom. The smallest absolute Gasteiger partial charge is 0.263 e. The molecule has 0 radical (unpaired) electrons. The van der Waals surface area contributed by atoms with Gasteiger partial charge >= 0.3 is 0 Å². The molecule has 10 heteroatoms. The number of anilines is 2. The number of pyridine rings is 1. The number of thiophene rings is 1. The predicted octanol–water partition coefficient (Wildman–Crippen LogP) is 3.53. The number of rotatable bonds is 3. The number of piperazine rings is 1. The van der Waals surface area contributed by atoms with E-state index in [0.717, 1.165) is 36.9 Å². The Morgan fingerprint density at radius 2 is 2.17 bits per heavy atom. The van der Waals surface area contributed by atoms with E-state index >= 15 is 8.78 Å². The lowest BCUT2D eigenvalue weighted by Gasteiger charge is -2.40. The van der Waals surface area contributed by atoms with E-state index in [1.165, 1.54) is 11.3 Å². The lowest BCUT2D eigenvalue weighted by molar-refractivity contribution is 0.0919. The SMILES string of the molecule is Cc1ccc2c(N)c(C(=O)N[C@H]3COc4cc(N5CC6CCCC5CN6)c(F)c(F)c4C3)sc2n1. The Balaban J connectivity index is 1.23. The first-order chi connectivity index (χ1) is 16.9. The monoisotopic (exact) mass is 499 g/mol. The van der Waals surface area contributed by atoms with Crippen molar-refractivity contribution in [2.24, 2.45) is 0 Å². The molecule has 0 saturated carbocycles. The summed E-state index contributed by atoms with van der Waals surface area (Å²) in [5, 5.41) is 7.10. The van der Waals surface area contributed by atoms with Gasteiger partial charge in [0, 0.05) is 54.3 Å². The number of carbonyl (C=O) groups is 1. The van der Waals surface area contributed by atoms with Crippen LogP contribution in [0, 0.1) is 18.6 Å². The maximum absolute atomic E-state index is 15.3. The van der Waals surface area contributed by atoms with E-state index in [2.05, 4.69) is 15.6 Å². The molecule has 7 rings (SSSR count). The van der Waals surface area contributed by atoms with Crippen molar-refractivity contribution in [1.29, 1.82) is 0 Å². The molecule has 1 aromatic carbocycles. The van der Waals surface area contributed by atoms with E-state index in [1.54, 1.807) is 6.07 Å². The number of nitrogens with one attached hydrogen (secondary N) is 2. The molecule has 3 fully saturated rings.